The van der Waals surface area contributed by atoms with Gasteiger partial charge in [0.25, 0.3) is 0 Å². The summed E-state index contributed by atoms with van der Waals surface area (Å²) in [7, 11) is 0. The van der Waals surface area contributed by atoms with Crippen molar-refractivity contribution in [3.05, 3.63) is 30.1 Å². The summed E-state index contributed by atoms with van der Waals surface area (Å²) in [5.41, 5.74) is 4.70. The molecule has 1 rings (SSSR count). The Morgan fingerprint density at radius 1 is 1.41 bits per heavy atom. The molecule has 0 aromatic heterocycles. The fraction of sp³-hybridized carbons (Fsp3) is 0.273. The van der Waals surface area contributed by atoms with Crippen LogP contribution in [0.4, 0.5) is 10.1 Å². The van der Waals surface area contributed by atoms with Gasteiger partial charge in [-0.25, -0.2) is 4.39 Å². The molecule has 92 valence electrons. The maximum atomic E-state index is 12.7. The van der Waals surface area contributed by atoms with Gasteiger partial charge in [0.2, 0.25) is 5.91 Å². The van der Waals surface area contributed by atoms with Gasteiger partial charge in [0, 0.05) is 5.69 Å². The van der Waals surface area contributed by atoms with Gasteiger partial charge >= 0.3 is 0 Å². The van der Waals surface area contributed by atoms with Gasteiger partial charge in [0.05, 0.1) is 0 Å². The summed E-state index contributed by atoms with van der Waals surface area (Å²) in [6, 6.07) is 5.31. The normalized spacial score (nSPS) is 12.3. The molecule has 0 unspecified atom stereocenters. The molecular formula is C11H14FN3O2. The van der Waals surface area contributed by atoms with E-state index in [-0.39, 0.29) is 5.84 Å². The maximum absolute atomic E-state index is 12.7. The zero-order valence-corrected chi connectivity index (χ0v) is 9.57. The third kappa shape index (κ3) is 2.93. The molecular weight excluding hydrogens is 225 g/mol. The van der Waals surface area contributed by atoms with Crippen LogP contribution in [0.1, 0.15) is 13.8 Å². The predicted octanol–water partition coefficient (Wildman–Crippen LogP) is 1.54. The van der Waals surface area contributed by atoms with Crippen LogP contribution < -0.4 is 11.1 Å². The second-order valence-electron chi connectivity index (χ2n) is 4.07. The van der Waals surface area contributed by atoms with E-state index in [0.29, 0.717) is 5.69 Å². The molecule has 0 aliphatic carbocycles. The molecule has 0 atom stereocenters. The lowest BCUT2D eigenvalue weighted by Gasteiger charge is -2.21. The van der Waals surface area contributed by atoms with Crippen molar-refractivity contribution in [1.82, 2.24) is 0 Å². The quantitative estimate of drug-likeness (QED) is 0.323. The molecule has 1 aromatic carbocycles. The minimum absolute atomic E-state index is 0.197. The summed E-state index contributed by atoms with van der Waals surface area (Å²) >= 11 is 0. The number of rotatable bonds is 3. The summed E-state index contributed by atoms with van der Waals surface area (Å²) in [6.45, 7) is 3.03. The van der Waals surface area contributed by atoms with E-state index in [0.717, 1.165) is 0 Å². The van der Waals surface area contributed by atoms with E-state index < -0.39 is 17.1 Å². The van der Waals surface area contributed by atoms with E-state index in [4.69, 9.17) is 10.9 Å². The minimum atomic E-state index is -1.15. The second-order valence-corrected chi connectivity index (χ2v) is 4.07. The lowest BCUT2D eigenvalue weighted by atomic mass is 9.91. The Balaban J connectivity index is 2.82. The summed E-state index contributed by atoms with van der Waals surface area (Å²) in [5.74, 6) is -1.03. The SMILES string of the molecule is CC(C)(C(=O)Nc1ccc(F)cc1)C(N)=NO. The van der Waals surface area contributed by atoms with Gasteiger partial charge in [-0.3, -0.25) is 4.79 Å². The monoisotopic (exact) mass is 239 g/mol. The van der Waals surface area contributed by atoms with Gasteiger partial charge < -0.3 is 16.3 Å². The zero-order valence-electron chi connectivity index (χ0n) is 9.57. The maximum Gasteiger partial charge on any atom is 0.237 e. The number of benzene rings is 1. The molecule has 1 aromatic rings. The van der Waals surface area contributed by atoms with Crippen molar-refractivity contribution >= 4 is 17.4 Å². The highest BCUT2D eigenvalue weighted by atomic mass is 19.1. The van der Waals surface area contributed by atoms with Crippen LogP contribution in [0.2, 0.25) is 0 Å². The van der Waals surface area contributed by atoms with Gasteiger partial charge in [0.1, 0.15) is 11.2 Å². The first kappa shape index (κ1) is 13.0. The van der Waals surface area contributed by atoms with Gasteiger partial charge in [0.15, 0.2) is 5.84 Å². The topological polar surface area (TPSA) is 87.7 Å². The first-order valence-corrected chi connectivity index (χ1v) is 4.93. The number of oxime groups is 1. The Morgan fingerprint density at radius 2 is 1.94 bits per heavy atom. The van der Waals surface area contributed by atoms with Gasteiger partial charge in [-0.05, 0) is 38.1 Å². The molecule has 0 fully saturated rings. The molecule has 0 bridgehead atoms. The van der Waals surface area contributed by atoms with Crippen LogP contribution in [-0.4, -0.2) is 17.0 Å². The lowest BCUT2D eigenvalue weighted by molar-refractivity contribution is -0.121. The molecule has 17 heavy (non-hydrogen) atoms. The number of hydrogen-bond acceptors (Lipinski definition) is 3. The first-order chi connectivity index (χ1) is 7.87. The summed E-state index contributed by atoms with van der Waals surface area (Å²) < 4.78 is 12.7. The van der Waals surface area contributed by atoms with E-state index in [1.54, 1.807) is 0 Å². The average molecular weight is 239 g/mol. The molecule has 0 heterocycles. The van der Waals surface area contributed by atoms with E-state index in [1.807, 2.05) is 0 Å². The van der Waals surface area contributed by atoms with Crippen molar-refractivity contribution in [2.75, 3.05) is 5.32 Å². The highest BCUT2D eigenvalue weighted by molar-refractivity contribution is 6.11. The second kappa shape index (κ2) is 4.82. The number of carbonyl (C=O) groups is 1. The molecule has 5 nitrogen and oxygen atoms in total. The standard InChI is InChI=1S/C11H14FN3O2/c1-11(2,9(13)15-17)10(16)14-8-5-3-7(12)4-6-8/h3-6,17H,1-2H3,(H2,13,15)(H,14,16). The number of nitrogens with two attached hydrogens (primary N) is 1. The summed E-state index contributed by atoms with van der Waals surface area (Å²) in [4.78, 5) is 11.8. The smallest absolute Gasteiger partial charge is 0.237 e. The number of amides is 1. The number of hydrogen-bond donors (Lipinski definition) is 3. The Bertz CT molecular complexity index is 441. The third-order valence-corrected chi connectivity index (χ3v) is 2.42. The van der Waals surface area contributed by atoms with E-state index >= 15 is 0 Å². The van der Waals surface area contributed by atoms with Crippen molar-refractivity contribution in [3.63, 3.8) is 0 Å². The molecule has 6 heteroatoms. The first-order valence-electron chi connectivity index (χ1n) is 4.93. The molecule has 4 N–H and O–H groups in total. The van der Waals surface area contributed by atoms with Gasteiger partial charge in [-0.15, -0.1) is 0 Å². The molecule has 0 spiro atoms. The predicted molar refractivity (Wildman–Crippen MR) is 62.2 cm³/mol. The van der Waals surface area contributed by atoms with Crippen LogP contribution in [0.5, 0.6) is 0 Å². The Labute approximate surface area is 98.1 Å². The van der Waals surface area contributed by atoms with Crippen molar-refractivity contribution in [2.24, 2.45) is 16.3 Å². The van der Waals surface area contributed by atoms with E-state index in [1.165, 1.54) is 38.1 Å². The number of halogens is 1. The van der Waals surface area contributed by atoms with Crippen molar-refractivity contribution in [3.8, 4) is 0 Å². The number of nitrogens with zero attached hydrogens (tertiary/aromatic N) is 1. The fourth-order valence-corrected chi connectivity index (χ4v) is 1.06. The average Bonchev–Trinajstić information content (AvgIpc) is 2.30. The van der Waals surface area contributed by atoms with Crippen LogP contribution in [0, 0.1) is 11.2 Å². The molecule has 0 aliphatic rings. The van der Waals surface area contributed by atoms with Crippen LogP contribution in [-0.2, 0) is 4.79 Å². The molecule has 0 saturated carbocycles. The third-order valence-electron chi connectivity index (χ3n) is 2.42. The molecule has 1 amide bonds. The van der Waals surface area contributed by atoms with E-state index in [9.17, 15) is 9.18 Å². The Hall–Kier alpha value is -2.11. The van der Waals surface area contributed by atoms with Crippen molar-refractivity contribution in [1.29, 1.82) is 0 Å². The van der Waals surface area contributed by atoms with Crippen LogP contribution in [0.3, 0.4) is 0 Å². The molecule has 0 aliphatic heterocycles. The fourth-order valence-electron chi connectivity index (χ4n) is 1.06. The van der Waals surface area contributed by atoms with Crippen LogP contribution in [0.15, 0.2) is 29.4 Å². The number of carbonyl (C=O) groups excluding carboxylic acids is 1. The molecule has 0 radical (unpaired) electrons. The van der Waals surface area contributed by atoms with Crippen LogP contribution >= 0.6 is 0 Å². The van der Waals surface area contributed by atoms with Crippen LogP contribution in [0.25, 0.3) is 0 Å². The number of anilines is 1. The minimum Gasteiger partial charge on any atom is -0.409 e. The lowest BCUT2D eigenvalue weighted by Crippen LogP contribution is -2.42. The highest BCUT2D eigenvalue weighted by Gasteiger charge is 2.32. The number of amidine groups is 1. The summed E-state index contributed by atoms with van der Waals surface area (Å²) in [6.07, 6.45) is 0. The zero-order chi connectivity index (χ0) is 13.1. The highest BCUT2D eigenvalue weighted by Crippen LogP contribution is 2.19. The van der Waals surface area contributed by atoms with E-state index in [2.05, 4.69) is 10.5 Å². The Kier molecular flexibility index (Phi) is 3.67. The van der Waals surface area contributed by atoms with Gasteiger partial charge in [-0.2, -0.15) is 0 Å². The van der Waals surface area contributed by atoms with Crippen molar-refractivity contribution in [2.45, 2.75) is 13.8 Å². The molecule has 0 saturated heterocycles. The number of nitrogens with one attached hydrogen (secondary N) is 1. The van der Waals surface area contributed by atoms with Gasteiger partial charge in [-0.1, -0.05) is 5.16 Å². The van der Waals surface area contributed by atoms with Crippen molar-refractivity contribution < 1.29 is 14.4 Å². The largest absolute Gasteiger partial charge is 0.409 e. The summed E-state index contributed by atoms with van der Waals surface area (Å²) in [5, 5.41) is 13.9. The Morgan fingerprint density at radius 3 is 2.41 bits per heavy atom.